The van der Waals surface area contributed by atoms with Crippen molar-refractivity contribution in [3.05, 3.63) is 70.7 Å². The summed E-state index contributed by atoms with van der Waals surface area (Å²) >= 11 is 6.13. The average molecular weight is 373 g/mol. The molecule has 2 aromatic carbocycles. The molecule has 2 aromatic rings. The second-order valence-corrected chi connectivity index (χ2v) is 6.65. The summed E-state index contributed by atoms with van der Waals surface area (Å²) in [7, 11) is 0. The molecule has 0 aliphatic rings. The highest BCUT2D eigenvalue weighted by atomic mass is 35.5. The van der Waals surface area contributed by atoms with Crippen LogP contribution in [-0.4, -0.2) is 22.8 Å². The number of carbonyl (C=O) groups excluding carboxylic acids is 2. The Balaban J connectivity index is 2.06. The number of nitrogens with one attached hydrogen (secondary N) is 1. The smallest absolute Gasteiger partial charge is 0.242 e. The van der Waals surface area contributed by atoms with Crippen LogP contribution in [0, 0.1) is 0 Å². The fraction of sp³-hybridized carbons (Fsp3) is 0.333. The first kappa shape index (κ1) is 20.0. The monoisotopic (exact) mass is 372 g/mol. The Morgan fingerprint density at radius 2 is 1.73 bits per heavy atom. The lowest BCUT2D eigenvalue weighted by molar-refractivity contribution is -0.140. The van der Waals surface area contributed by atoms with Crippen LogP contribution in [0.2, 0.25) is 5.02 Å². The van der Waals surface area contributed by atoms with E-state index in [1.807, 2.05) is 55.5 Å². The molecule has 0 spiro atoms. The van der Waals surface area contributed by atoms with Gasteiger partial charge in [0.05, 0.1) is 0 Å². The van der Waals surface area contributed by atoms with Crippen molar-refractivity contribution in [2.75, 3.05) is 0 Å². The van der Waals surface area contributed by atoms with Gasteiger partial charge in [0.2, 0.25) is 11.8 Å². The maximum Gasteiger partial charge on any atom is 0.242 e. The molecule has 5 heteroatoms. The SMILES string of the molecule is CCCC(=O)N(Cc1ccccc1)[C@H](C)C(=O)NCc1ccccc1Cl. The summed E-state index contributed by atoms with van der Waals surface area (Å²) in [6.45, 7) is 4.48. The van der Waals surface area contributed by atoms with Gasteiger partial charge < -0.3 is 10.2 Å². The van der Waals surface area contributed by atoms with Crippen LogP contribution in [0.25, 0.3) is 0 Å². The predicted molar refractivity (Wildman–Crippen MR) is 105 cm³/mol. The highest BCUT2D eigenvalue weighted by Gasteiger charge is 2.25. The van der Waals surface area contributed by atoms with E-state index < -0.39 is 6.04 Å². The second-order valence-electron chi connectivity index (χ2n) is 6.24. The molecule has 2 rings (SSSR count). The lowest BCUT2D eigenvalue weighted by Crippen LogP contribution is -2.47. The standard InChI is InChI=1S/C21H25ClN2O2/c1-3-9-20(25)24(15-17-10-5-4-6-11-17)16(2)21(26)23-14-18-12-7-8-13-19(18)22/h4-8,10-13,16H,3,9,14-15H2,1-2H3,(H,23,26)/t16-/m1/s1. The number of halogens is 1. The van der Waals surface area contributed by atoms with Gasteiger partial charge in [-0.2, -0.15) is 0 Å². The minimum Gasteiger partial charge on any atom is -0.350 e. The largest absolute Gasteiger partial charge is 0.350 e. The minimum atomic E-state index is -0.559. The highest BCUT2D eigenvalue weighted by molar-refractivity contribution is 6.31. The van der Waals surface area contributed by atoms with E-state index in [0.717, 1.165) is 17.5 Å². The molecule has 0 unspecified atom stereocenters. The van der Waals surface area contributed by atoms with Crippen LogP contribution < -0.4 is 5.32 Å². The molecule has 1 N–H and O–H groups in total. The van der Waals surface area contributed by atoms with Crippen LogP contribution in [0.4, 0.5) is 0 Å². The third-order valence-corrected chi connectivity index (χ3v) is 4.61. The lowest BCUT2D eigenvalue weighted by Gasteiger charge is -2.29. The van der Waals surface area contributed by atoms with Crippen molar-refractivity contribution in [2.24, 2.45) is 0 Å². The van der Waals surface area contributed by atoms with Crippen molar-refractivity contribution >= 4 is 23.4 Å². The summed E-state index contributed by atoms with van der Waals surface area (Å²) < 4.78 is 0. The molecule has 26 heavy (non-hydrogen) atoms. The molecule has 0 aromatic heterocycles. The van der Waals surface area contributed by atoms with Crippen molar-refractivity contribution in [3.8, 4) is 0 Å². The molecule has 0 aliphatic heterocycles. The maximum absolute atomic E-state index is 12.6. The van der Waals surface area contributed by atoms with Crippen LogP contribution in [0.3, 0.4) is 0 Å². The Labute approximate surface area is 160 Å². The van der Waals surface area contributed by atoms with Gasteiger partial charge in [0.1, 0.15) is 6.04 Å². The van der Waals surface area contributed by atoms with Crippen LogP contribution in [0.15, 0.2) is 54.6 Å². The molecule has 0 heterocycles. The summed E-state index contributed by atoms with van der Waals surface area (Å²) in [4.78, 5) is 26.8. The zero-order chi connectivity index (χ0) is 18.9. The summed E-state index contributed by atoms with van der Waals surface area (Å²) in [6, 6.07) is 16.5. The Hall–Kier alpha value is -2.33. The van der Waals surface area contributed by atoms with Gasteiger partial charge in [0, 0.05) is 24.5 Å². The van der Waals surface area contributed by atoms with Gasteiger partial charge in [-0.1, -0.05) is 67.1 Å². The Bertz CT molecular complexity index is 734. The van der Waals surface area contributed by atoms with Crippen molar-refractivity contribution in [2.45, 2.75) is 45.8 Å². The molecule has 2 amide bonds. The summed E-state index contributed by atoms with van der Waals surface area (Å²) in [6.07, 6.45) is 1.17. The normalized spacial score (nSPS) is 11.7. The molecular weight excluding hydrogens is 348 g/mol. The molecule has 4 nitrogen and oxygen atoms in total. The summed E-state index contributed by atoms with van der Waals surface area (Å²) in [5.41, 5.74) is 1.85. The lowest BCUT2D eigenvalue weighted by atomic mass is 10.1. The minimum absolute atomic E-state index is 0.0169. The molecule has 138 valence electrons. The van der Waals surface area contributed by atoms with E-state index in [9.17, 15) is 9.59 Å². The van der Waals surface area contributed by atoms with Crippen molar-refractivity contribution in [3.63, 3.8) is 0 Å². The van der Waals surface area contributed by atoms with Crippen LogP contribution in [0.5, 0.6) is 0 Å². The number of rotatable bonds is 8. The molecule has 0 aliphatic carbocycles. The maximum atomic E-state index is 12.6. The van der Waals surface area contributed by atoms with Gasteiger partial charge in [-0.05, 0) is 30.5 Å². The number of nitrogens with zero attached hydrogens (tertiary/aromatic N) is 1. The zero-order valence-corrected chi connectivity index (χ0v) is 16.0. The predicted octanol–water partition coefficient (Wildman–Crippen LogP) is 4.17. The van der Waals surface area contributed by atoms with Crippen molar-refractivity contribution in [1.29, 1.82) is 0 Å². The second kappa shape index (κ2) is 9.97. The number of benzene rings is 2. The fourth-order valence-corrected chi connectivity index (χ4v) is 2.89. The molecule has 0 saturated heterocycles. The van der Waals surface area contributed by atoms with E-state index in [1.165, 1.54) is 0 Å². The van der Waals surface area contributed by atoms with Gasteiger partial charge in [0.15, 0.2) is 0 Å². The molecule has 0 bridgehead atoms. The summed E-state index contributed by atoms with van der Waals surface area (Å²) in [5, 5.41) is 3.50. The van der Waals surface area contributed by atoms with E-state index in [1.54, 1.807) is 17.9 Å². The number of hydrogen-bond donors (Lipinski definition) is 1. The van der Waals surface area contributed by atoms with Gasteiger partial charge in [-0.3, -0.25) is 9.59 Å². The van der Waals surface area contributed by atoms with Crippen molar-refractivity contribution < 1.29 is 9.59 Å². The number of amides is 2. The highest BCUT2D eigenvalue weighted by Crippen LogP contribution is 2.15. The fourth-order valence-electron chi connectivity index (χ4n) is 2.69. The Morgan fingerprint density at radius 1 is 1.08 bits per heavy atom. The van der Waals surface area contributed by atoms with Crippen LogP contribution in [-0.2, 0) is 22.7 Å². The van der Waals surface area contributed by atoms with E-state index in [-0.39, 0.29) is 11.8 Å². The van der Waals surface area contributed by atoms with E-state index in [2.05, 4.69) is 5.32 Å². The van der Waals surface area contributed by atoms with E-state index >= 15 is 0 Å². The topological polar surface area (TPSA) is 49.4 Å². The number of carbonyl (C=O) groups is 2. The zero-order valence-electron chi connectivity index (χ0n) is 15.2. The first-order valence-corrected chi connectivity index (χ1v) is 9.25. The first-order chi connectivity index (χ1) is 12.5. The third-order valence-electron chi connectivity index (χ3n) is 4.24. The molecule has 0 fully saturated rings. The quantitative estimate of drug-likeness (QED) is 0.755. The van der Waals surface area contributed by atoms with E-state index in [0.29, 0.717) is 24.5 Å². The molecular formula is C21H25ClN2O2. The van der Waals surface area contributed by atoms with Gasteiger partial charge >= 0.3 is 0 Å². The average Bonchev–Trinajstić information content (AvgIpc) is 2.65. The van der Waals surface area contributed by atoms with Gasteiger partial charge in [0.25, 0.3) is 0 Å². The van der Waals surface area contributed by atoms with Crippen molar-refractivity contribution in [1.82, 2.24) is 10.2 Å². The van der Waals surface area contributed by atoms with Gasteiger partial charge in [-0.25, -0.2) is 0 Å². The Morgan fingerprint density at radius 3 is 2.38 bits per heavy atom. The molecule has 1 atom stereocenters. The third kappa shape index (κ3) is 5.60. The van der Waals surface area contributed by atoms with Crippen LogP contribution >= 0.6 is 11.6 Å². The summed E-state index contributed by atoms with van der Waals surface area (Å²) in [5.74, 6) is -0.206. The van der Waals surface area contributed by atoms with E-state index in [4.69, 9.17) is 11.6 Å². The van der Waals surface area contributed by atoms with Crippen LogP contribution in [0.1, 0.15) is 37.8 Å². The van der Waals surface area contributed by atoms with Gasteiger partial charge in [-0.15, -0.1) is 0 Å². The molecule has 0 radical (unpaired) electrons. The Kier molecular flexibility index (Phi) is 7.67. The molecule has 0 saturated carbocycles. The number of hydrogen-bond acceptors (Lipinski definition) is 2. The first-order valence-electron chi connectivity index (χ1n) is 8.87.